The Bertz CT molecular complexity index is 363. The lowest BCUT2D eigenvalue weighted by Crippen LogP contribution is -2.05. The molecule has 0 saturated heterocycles. The minimum Gasteiger partial charge on any atom is -0.294 e. The van der Waals surface area contributed by atoms with E-state index in [0.29, 0.717) is 0 Å². The molecule has 0 heterocycles. The van der Waals surface area contributed by atoms with E-state index in [4.69, 9.17) is 0 Å². The molecule has 1 unspecified atom stereocenters. The van der Waals surface area contributed by atoms with E-state index in [9.17, 15) is 4.79 Å². The summed E-state index contributed by atoms with van der Waals surface area (Å²) < 4.78 is 0. The van der Waals surface area contributed by atoms with E-state index in [1.807, 2.05) is 31.2 Å². The van der Waals surface area contributed by atoms with E-state index in [0.717, 1.165) is 6.42 Å². The summed E-state index contributed by atoms with van der Waals surface area (Å²) in [5.41, 5.74) is 2.45. The fourth-order valence-corrected chi connectivity index (χ4v) is 1.74. The molecule has 1 aromatic carbocycles. The van der Waals surface area contributed by atoms with E-state index in [-0.39, 0.29) is 11.7 Å². The number of fused-ring (bicyclic) bond motifs is 1. The molecule has 66 valence electrons. The molecule has 0 aliphatic heterocycles. The van der Waals surface area contributed by atoms with Crippen LogP contribution in [0, 0.1) is 0 Å². The summed E-state index contributed by atoms with van der Waals surface area (Å²) in [5, 5.41) is 0. The van der Waals surface area contributed by atoms with Gasteiger partial charge in [-0.05, 0) is 23.6 Å². The molecule has 0 aromatic heterocycles. The third kappa shape index (κ3) is 1.42. The number of benzene rings is 1. The van der Waals surface area contributed by atoms with E-state index in [1.54, 1.807) is 6.08 Å². The normalized spacial score (nSPS) is 21.0. The van der Waals surface area contributed by atoms with Crippen LogP contribution in [0.4, 0.5) is 0 Å². The summed E-state index contributed by atoms with van der Waals surface area (Å²) in [6.45, 7) is 1.97. The van der Waals surface area contributed by atoms with E-state index in [2.05, 4.69) is 6.07 Å². The van der Waals surface area contributed by atoms with Gasteiger partial charge in [-0.1, -0.05) is 37.3 Å². The summed E-state index contributed by atoms with van der Waals surface area (Å²) in [6, 6.07) is 8.16. The maximum Gasteiger partial charge on any atom is 0.162 e. The quantitative estimate of drug-likeness (QED) is 0.587. The minimum atomic E-state index is 0.0231. The molecule has 0 bridgehead atoms. The van der Waals surface area contributed by atoms with Gasteiger partial charge in [0.25, 0.3) is 0 Å². The Hall–Kier alpha value is -1.37. The lowest BCUT2D eigenvalue weighted by molar-refractivity contribution is -0.115. The molecule has 0 saturated carbocycles. The van der Waals surface area contributed by atoms with Crippen LogP contribution in [0.3, 0.4) is 0 Å². The van der Waals surface area contributed by atoms with Crippen LogP contribution in [0.25, 0.3) is 0 Å². The molecule has 0 spiro atoms. The third-order valence-corrected chi connectivity index (χ3v) is 2.57. The molecule has 1 aliphatic carbocycles. The molecule has 1 atom stereocenters. The second-order valence-corrected chi connectivity index (χ2v) is 3.43. The average Bonchev–Trinajstić information content (AvgIpc) is 2.29. The molecule has 0 fully saturated rings. The van der Waals surface area contributed by atoms with E-state index < -0.39 is 0 Å². The highest BCUT2D eigenvalue weighted by molar-refractivity contribution is 5.95. The second-order valence-electron chi connectivity index (χ2n) is 3.43. The monoisotopic (exact) mass is 172 g/mol. The smallest absolute Gasteiger partial charge is 0.162 e. The molecule has 1 nitrogen and oxygen atoms in total. The Morgan fingerprint density at radius 1 is 1.31 bits per heavy atom. The van der Waals surface area contributed by atoms with Crippen molar-refractivity contribution < 1.29 is 4.79 Å². The first-order valence-electron chi connectivity index (χ1n) is 4.57. The van der Waals surface area contributed by atoms with Crippen molar-refractivity contribution in [2.24, 2.45) is 0 Å². The van der Waals surface area contributed by atoms with Gasteiger partial charge < -0.3 is 0 Å². The zero-order valence-electron chi connectivity index (χ0n) is 7.66. The van der Waals surface area contributed by atoms with Crippen molar-refractivity contribution in [3.63, 3.8) is 0 Å². The van der Waals surface area contributed by atoms with Crippen molar-refractivity contribution in [2.45, 2.75) is 19.3 Å². The number of rotatable bonds is 0. The molecular weight excluding hydrogens is 160 g/mol. The van der Waals surface area contributed by atoms with Gasteiger partial charge in [0.2, 0.25) is 0 Å². The van der Waals surface area contributed by atoms with Crippen LogP contribution in [0.5, 0.6) is 0 Å². The number of hydrogen-bond donors (Lipinski definition) is 0. The second kappa shape index (κ2) is 3.17. The Morgan fingerprint density at radius 2 is 2.08 bits per heavy atom. The molecule has 2 rings (SSSR count). The molecule has 0 amide bonds. The number of ketones is 1. The molecule has 1 aromatic rings. The lowest BCUT2D eigenvalue weighted by Gasteiger charge is -2.10. The van der Waals surface area contributed by atoms with Crippen molar-refractivity contribution in [3.05, 3.63) is 47.5 Å². The molecule has 0 N–H and O–H groups in total. The highest BCUT2D eigenvalue weighted by Gasteiger charge is 2.17. The van der Waals surface area contributed by atoms with Crippen molar-refractivity contribution in [2.75, 3.05) is 0 Å². The lowest BCUT2D eigenvalue weighted by atomic mass is 9.93. The molecule has 1 heteroatoms. The van der Waals surface area contributed by atoms with Crippen molar-refractivity contribution >= 4 is 5.78 Å². The first kappa shape index (κ1) is 8.24. The standard InChI is InChI=1S/C12H12O/c1-9-11-7-3-2-5-10(11)6-4-8-12(9)13/h2-5,7-9H,6H2,1H3. The highest BCUT2D eigenvalue weighted by Crippen LogP contribution is 2.24. The summed E-state index contributed by atoms with van der Waals surface area (Å²) in [6.07, 6.45) is 4.53. The minimum absolute atomic E-state index is 0.0231. The highest BCUT2D eigenvalue weighted by atomic mass is 16.1. The largest absolute Gasteiger partial charge is 0.294 e. The van der Waals surface area contributed by atoms with Gasteiger partial charge in [0.15, 0.2) is 5.78 Å². The number of allylic oxidation sites excluding steroid dienone is 2. The number of hydrogen-bond acceptors (Lipinski definition) is 1. The SMILES string of the molecule is CC1C(=O)C=CCc2ccccc21. The van der Waals surface area contributed by atoms with Gasteiger partial charge in [-0.25, -0.2) is 0 Å². The first-order valence-corrected chi connectivity index (χ1v) is 4.57. The summed E-state index contributed by atoms with van der Waals surface area (Å²) >= 11 is 0. The van der Waals surface area contributed by atoms with Gasteiger partial charge in [0, 0.05) is 5.92 Å². The van der Waals surface area contributed by atoms with Gasteiger partial charge in [-0.2, -0.15) is 0 Å². The molecule has 0 radical (unpaired) electrons. The first-order chi connectivity index (χ1) is 6.29. The van der Waals surface area contributed by atoms with Crippen molar-refractivity contribution in [3.8, 4) is 0 Å². The Labute approximate surface area is 78.1 Å². The van der Waals surface area contributed by atoms with Gasteiger partial charge in [0.1, 0.15) is 0 Å². The Kier molecular flexibility index (Phi) is 2.01. The maximum absolute atomic E-state index is 11.5. The topological polar surface area (TPSA) is 17.1 Å². The molecule has 13 heavy (non-hydrogen) atoms. The Morgan fingerprint density at radius 3 is 2.92 bits per heavy atom. The molecular formula is C12H12O. The van der Waals surface area contributed by atoms with Crippen LogP contribution in [0.15, 0.2) is 36.4 Å². The van der Waals surface area contributed by atoms with Gasteiger partial charge in [-0.3, -0.25) is 4.79 Å². The number of carbonyl (C=O) groups excluding carboxylic acids is 1. The predicted molar refractivity (Wildman–Crippen MR) is 52.7 cm³/mol. The Balaban J connectivity index is 2.52. The zero-order chi connectivity index (χ0) is 9.26. The van der Waals surface area contributed by atoms with Crippen molar-refractivity contribution in [1.29, 1.82) is 0 Å². The summed E-state index contributed by atoms with van der Waals surface area (Å²) in [7, 11) is 0. The zero-order valence-corrected chi connectivity index (χ0v) is 7.66. The van der Waals surface area contributed by atoms with Crippen LogP contribution < -0.4 is 0 Å². The van der Waals surface area contributed by atoms with Gasteiger partial charge >= 0.3 is 0 Å². The van der Waals surface area contributed by atoms with Crippen molar-refractivity contribution in [1.82, 2.24) is 0 Å². The third-order valence-electron chi connectivity index (χ3n) is 2.57. The summed E-state index contributed by atoms with van der Waals surface area (Å²) in [5.74, 6) is 0.236. The maximum atomic E-state index is 11.5. The van der Waals surface area contributed by atoms with Crippen LogP contribution in [-0.4, -0.2) is 5.78 Å². The van der Waals surface area contributed by atoms with Crippen LogP contribution >= 0.6 is 0 Å². The van der Waals surface area contributed by atoms with Crippen LogP contribution in [0.2, 0.25) is 0 Å². The van der Waals surface area contributed by atoms with Gasteiger partial charge in [-0.15, -0.1) is 0 Å². The number of carbonyl (C=O) groups is 1. The van der Waals surface area contributed by atoms with Gasteiger partial charge in [0.05, 0.1) is 0 Å². The van der Waals surface area contributed by atoms with E-state index >= 15 is 0 Å². The predicted octanol–water partition coefficient (Wildman–Crippen LogP) is 2.47. The fourth-order valence-electron chi connectivity index (χ4n) is 1.74. The fraction of sp³-hybridized carbons (Fsp3) is 0.250. The summed E-state index contributed by atoms with van der Waals surface area (Å²) in [4.78, 5) is 11.5. The van der Waals surface area contributed by atoms with E-state index in [1.165, 1.54) is 11.1 Å². The average molecular weight is 172 g/mol. The van der Waals surface area contributed by atoms with Crippen LogP contribution in [-0.2, 0) is 11.2 Å². The van der Waals surface area contributed by atoms with Crippen LogP contribution in [0.1, 0.15) is 24.0 Å². The molecule has 1 aliphatic rings.